The van der Waals surface area contributed by atoms with Crippen molar-refractivity contribution in [2.45, 2.75) is 24.2 Å². The van der Waals surface area contributed by atoms with Gasteiger partial charge in [-0.3, -0.25) is 24.1 Å². The summed E-state index contributed by atoms with van der Waals surface area (Å²) < 4.78 is 5.36. The molecule has 0 bridgehead atoms. The Morgan fingerprint density at radius 3 is 2.20 bits per heavy atom. The molecule has 1 saturated heterocycles. The number of carbonyl (C=O) groups is 4. The van der Waals surface area contributed by atoms with Crippen LogP contribution in [0, 0.1) is 23.7 Å². The number of benzene rings is 4. The van der Waals surface area contributed by atoms with E-state index in [4.69, 9.17) is 16.3 Å². The first-order chi connectivity index (χ1) is 23.7. The lowest BCUT2D eigenvalue weighted by Crippen LogP contribution is -2.58. The number of imide groups is 1. The Morgan fingerprint density at radius 1 is 0.837 bits per heavy atom. The number of phenols is 1. The lowest BCUT2D eigenvalue weighted by atomic mass is 9.44. The number of Topliss-reactive ketones (excluding diaryl/α,β-unsaturated/α-hetero) is 1. The molecule has 7 nitrogen and oxygen atoms in total. The summed E-state index contributed by atoms with van der Waals surface area (Å²) in [6.07, 6.45) is 3.98. The fourth-order valence-electron chi connectivity index (χ4n) is 8.98. The van der Waals surface area contributed by atoms with Crippen molar-refractivity contribution in [3.05, 3.63) is 143 Å². The molecule has 2 amide bonds. The van der Waals surface area contributed by atoms with Crippen LogP contribution in [0.2, 0.25) is 5.02 Å². The molecular weight excluding hydrogens is 638 g/mol. The number of aromatic hydroxyl groups is 1. The summed E-state index contributed by atoms with van der Waals surface area (Å²) >= 11 is 6.13. The first kappa shape index (κ1) is 31.0. The molecule has 1 saturated carbocycles. The van der Waals surface area contributed by atoms with Crippen LogP contribution in [0.4, 0.5) is 5.69 Å². The normalized spacial score (nSPS) is 27.6. The van der Waals surface area contributed by atoms with E-state index in [0.717, 1.165) is 5.57 Å². The SMILES string of the molecule is COc1ccc([C@H]2C3=CC[C@@H]4C(=O)N(c5ccc(Cl)cc5)C(=O)[C@@H]4[C@@H]3C[C@H]3C(=O)C(c4ccccc4)=CC(=O)[C@@]23c2ccccc2)cc1O. The molecule has 49 heavy (non-hydrogen) atoms. The number of fused-ring (bicyclic) bond motifs is 4. The van der Waals surface area contributed by atoms with E-state index in [9.17, 15) is 19.5 Å². The molecule has 0 unspecified atom stereocenters. The fraction of sp³-hybridized carbons (Fsp3) is 0.220. The lowest BCUT2D eigenvalue weighted by Gasteiger charge is -2.55. The Bertz CT molecular complexity index is 2090. The van der Waals surface area contributed by atoms with E-state index < -0.39 is 35.0 Å². The van der Waals surface area contributed by atoms with Gasteiger partial charge in [0.05, 0.1) is 30.0 Å². The molecule has 244 valence electrons. The van der Waals surface area contributed by atoms with E-state index in [1.54, 1.807) is 36.4 Å². The molecule has 4 aromatic carbocycles. The molecule has 0 spiro atoms. The summed E-state index contributed by atoms with van der Waals surface area (Å²) in [4.78, 5) is 59.7. The Morgan fingerprint density at radius 2 is 1.53 bits per heavy atom. The van der Waals surface area contributed by atoms with Crippen molar-refractivity contribution in [2.75, 3.05) is 12.0 Å². The van der Waals surface area contributed by atoms with Crippen LogP contribution in [0.5, 0.6) is 11.5 Å². The third-order valence-corrected chi connectivity index (χ3v) is 11.2. The predicted octanol–water partition coefficient (Wildman–Crippen LogP) is 7.08. The topological polar surface area (TPSA) is 101 Å². The number of halogens is 1. The van der Waals surface area contributed by atoms with Gasteiger partial charge >= 0.3 is 0 Å². The van der Waals surface area contributed by atoms with Crippen molar-refractivity contribution in [3.8, 4) is 11.5 Å². The number of nitrogens with zero attached hydrogens (tertiary/aromatic N) is 1. The number of hydrogen-bond donors (Lipinski definition) is 1. The Balaban J connectivity index is 1.36. The molecule has 2 fully saturated rings. The van der Waals surface area contributed by atoms with Gasteiger partial charge in [0, 0.05) is 22.4 Å². The first-order valence-corrected chi connectivity index (χ1v) is 16.7. The molecule has 3 aliphatic carbocycles. The molecule has 0 aromatic heterocycles. The zero-order chi connectivity index (χ0) is 34.0. The average molecular weight is 670 g/mol. The number of rotatable bonds is 5. The smallest absolute Gasteiger partial charge is 0.238 e. The second-order valence-electron chi connectivity index (χ2n) is 13.2. The van der Waals surface area contributed by atoms with E-state index in [1.807, 2.05) is 72.8 Å². The molecule has 1 heterocycles. The number of carbonyl (C=O) groups excluding carboxylic acids is 4. The average Bonchev–Trinajstić information content (AvgIpc) is 3.38. The highest BCUT2D eigenvalue weighted by molar-refractivity contribution is 6.32. The van der Waals surface area contributed by atoms with Crippen molar-refractivity contribution < 1.29 is 29.0 Å². The summed E-state index contributed by atoms with van der Waals surface area (Å²) in [7, 11) is 1.46. The number of allylic oxidation sites excluding steroid dienone is 4. The molecule has 6 atom stereocenters. The van der Waals surface area contributed by atoms with E-state index in [0.29, 0.717) is 39.4 Å². The van der Waals surface area contributed by atoms with Crippen molar-refractivity contribution >= 4 is 46.2 Å². The van der Waals surface area contributed by atoms with Gasteiger partial charge in [-0.2, -0.15) is 0 Å². The van der Waals surface area contributed by atoms with Gasteiger partial charge in [0.25, 0.3) is 0 Å². The standard InChI is InChI=1S/C41H32ClNO6/c1-49-34-19-12-24(20-33(34)44)37-28-17-18-29-36(40(48)43(39(29)47)27-15-13-26(42)14-16-27)31(28)21-32-38(46)30(23-8-4-2-5-9-23)22-35(45)41(32,37)25-10-6-3-7-11-25/h2-17,19-20,22,29,31-32,36-37,44H,18,21H2,1H3/t29-,31+,32-,36-,37-,41-/m0/s1. The highest BCUT2D eigenvalue weighted by Crippen LogP contribution is 2.64. The molecule has 8 heteroatoms. The lowest BCUT2D eigenvalue weighted by molar-refractivity contribution is -0.135. The summed E-state index contributed by atoms with van der Waals surface area (Å²) in [5, 5.41) is 11.5. The molecule has 1 aliphatic heterocycles. The van der Waals surface area contributed by atoms with Crippen LogP contribution in [0.1, 0.15) is 35.4 Å². The number of anilines is 1. The minimum atomic E-state index is -1.38. The third kappa shape index (κ3) is 4.56. The van der Waals surface area contributed by atoms with Gasteiger partial charge in [-0.1, -0.05) is 90.0 Å². The van der Waals surface area contributed by atoms with Crippen LogP contribution in [0.3, 0.4) is 0 Å². The van der Waals surface area contributed by atoms with Crippen LogP contribution < -0.4 is 9.64 Å². The van der Waals surface area contributed by atoms with Gasteiger partial charge in [0.2, 0.25) is 11.8 Å². The summed E-state index contributed by atoms with van der Waals surface area (Å²) in [5.74, 6) is -4.34. The minimum Gasteiger partial charge on any atom is -0.504 e. The van der Waals surface area contributed by atoms with E-state index in [1.165, 1.54) is 18.1 Å². The molecule has 4 aliphatic rings. The zero-order valence-corrected chi connectivity index (χ0v) is 27.3. The minimum absolute atomic E-state index is 0.104. The molecule has 0 radical (unpaired) electrons. The Labute approximate surface area is 288 Å². The molecule has 8 rings (SSSR count). The largest absolute Gasteiger partial charge is 0.504 e. The molecule has 4 aromatic rings. The summed E-state index contributed by atoms with van der Waals surface area (Å²) in [6.45, 7) is 0. The van der Waals surface area contributed by atoms with Gasteiger partial charge in [-0.15, -0.1) is 0 Å². The van der Waals surface area contributed by atoms with Crippen LogP contribution in [-0.2, 0) is 24.6 Å². The van der Waals surface area contributed by atoms with E-state index >= 15 is 4.79 Å². The van der Waals surface area contributed by atoms with Gasteiger partial charge < -0.3 is 9.84 Å². The Kier molecular flexibility index (Phi) is 7.41. The second kappa shape index (κ2) is 11.7. The van der Waals surface area contributed by atoms with Gasteiger partial charge in [0.15, 0.2) is 23.1 Å². The number of phenolic OH excluding ortho intramolecular Hbond substituents is 1. The third-order valence-electron chi connectivity index (χ3n) is 11.0. The number of amides is 2. The van der Waals surface area contributed by atoms with E-state index in [-0.39, 0.29) is 41.3 Å². The quantitative estimate of drug-likeness (QED) is 0.180. The van der Waals surface area contributed by atoms with Crippen molar-refractivity contribution in [2.24, 2.45) is 23.7 Å². The highest BCUT2D eigenvalue weighted by atomic mass is 35.5. The van der Waals surface area contributed by atoms with Crippen molar-refractivity contribution in [3.63, 3.8) is 0 Å². The number of ketones is 2. The fourth-order valence-corrected chi connectivity index (χ4v) is 9.11. The van der Waals surface area contributed by atoms with E-state index in [2.05, 4.69) is 0 Å². The maximum Gasteiger partial charge on any atom is 0.238 e. The molecule has 1 N–H and O–H groups in total. The van der Waals surface area contributed by atoms with Gasteiger partial charge in [-0.25, -0.2) is 0 Å². The van der Waals surface area contributed by atoms with Crippen molar-refractivity contribution in [1.82, 2.24) is 0 Å². The van der Waals surface area contributed by atoms with Crippen LogP contribution in [0.25, 0.3) is 5.57 Å². The maximum atomic E-state index is 15.1. The second-order valence-corrected chi connectivity index (χ2v) is 13.6. The van der Waals surface area contributed by atoms with Gasteiger partial charge in [-0.05, 0) is 77.9 Å². The number of hydrogen-bond acceptors (Lipinski definition) is 6. The summed E-state index contributed by atoms with van der Waals surface area (Å²) in [6, 6.07) is 30.2. The number of ether oxygens (including phenoxy) is 1. The number of methoxy groups -OCH3 is 1. The molecular formula is C41H32ClNO6. The monoisotopic (exact) mass is 669 g/mol. The van der Waals surface area contributed by atoms with Crippen LogP contribution >= 0.6 is 11.6 Å². The zero-order valence-electron chi connectivity index (χ0n) is 26.6. The highest BCUT2D eigenvalue weighted by Gasteiger charge is 2.66. The Hall–Kier alpha value is -5.27. The van der Waals surface area contributed by atoms with Crippen molar-refractivity contribution in [1.29, 1.82) is 0 Å². The predicted molar refractivity (Wildman–Crippen MR) is 185 cm³/mol. The van der Waals surface area contributed by atoms with Crippen LogP contribution in [-0.4, -0.2) is 35.6 Å². The first-order valence-electron chi connectivity index (χ1n) is 16.4. The van der Waals surface area contributed by atoms with Crippen LogP contribution in [0.15, 0.2) is 121 Å². The summed E-state index contributed by atoms with van der Waals surface area (Å²) in [5.41, 5.74) is 2.15. The maximum absolute atomic E-state index is 15.1. The van der Waals surface area contributed by atoms with Gasteiger partial charge in [0.1, 0.15) is 0 Å².